The fourth-order valence-electron chi connectivity index (χ4n) is 3.94. The quantitative estimate of drug-likeness (QED) is 0.524. The monoisotopic (exact) mass is 459 g/mol. The average molecular weight is 460 g/mol. The minimum Gasteiger partial charge on any atom is -0.336 e. The van der Waals surface area contributed by atoms with Crippen molar-refractivity contribution >= 4 is 14.0 Å². The van der Waals surface area contributed by atoms with Gasteiger partial charge in [0, 0.05) is 0 Å². The van der Waals surface area contributed by atoms with E-state index in [1.54, 1.807) is 18.2 Å². The van der Waals surface area contributed by atoms with Crippen molar-refractivity contribution in [1.82, 2.24) is 10.6 Å². The lowest BCUT2D eigenvalue weighted by Crippen LogP contribution is -2.54. The molecule has 2 N–H and O–H groups in total. The van der Waals surface area contributed by atoms with Crippen molar-refractivity contribution in [2.45, 2.75) is 61.8 Å². The molecular weight excluding hydrogens is 431 g/mol. The molecule has 2 aromatic rings. The summed E-state index contributed by atoms with van der Waals surface area (Å²) in [5, 5.41) is 14.7. The smallest absolute Gasteiger partial charge is 0.336 e. The van der Waals surface area contributed by atoms with Gasteiger partial charge in [0.25, 0.3) is 0 Å². The number of nitrogens with one attached hydrogen (secondary N) is 2. The van der Waals surface area contributed by atoms with Crippen molar-refractivity contribution in [3.63, 3.8) is 0 Å². The first kappa shape index (κ1) is 24.0. The predicted molar refractivity (Wildman–Crippen MR) is 120 cm³/mol. The molecule has 170 valence electrons. The summed E-state index contributed by atoms with van der Waals surface area (Å²) in [6.45, 7) is 4.15. The number of carbonyl (C=O) groups is 1. The Kier molecular flexibility index (Phi) is 7.11. The molecule has 3 rings (SSSR count). The highest BCUT2D eigenvalue weighted by Crippen LogP contribution is 2.36. The number of amides is 1. The van der Waals surface area contributed by atoms with Crippen LogP contribution in [0.15, 0.2) is 60.7 Å². The Morgan fingerprint density at radius 3 is 2.16 bits per heavy atom. The lowest BCUT2D eigenvalue weighted by Gasteiger charge is -2.32. The molecule has 1 fully saturated rings. The second-order valence-electron chi connectivity index (χ2n) is 9.32. The third kappa shape index (κ3) is 6.44. The summed E-state index contributed by atoms with van der Waals surface area (Å²) in [7, 11) is -2.14. The van der Waals surface area contributed by atoms with E-state index in [0.717, 1.165) is 11.6 Å². The van der Waals surface area contributed by atoms with Gasteiger partial charge in [0.2, 0.25) is 5.91 Å². The summed E-state index contributed by atoms with van der Waals surface area (Å²) in [4.78, 5) is 13.1. The summed E-state index contributed by atoms with van der Waals surface area (Å²) in [5.74, 6) is -0.539. The molecule has 32 heavy (non-hydrogen) atoms. The molecule has 1 aliphatic carbocycles. The fraction of sp³-hybridized carbons (Fsp3) is 0.417. The maximum atomic E-state index is 14.0. The Bertz CT molecular complexity index is 954. The zero-order chi connectivity index (χ0) is 23.4. The molecule has 0 aliphatic heterocycles. The van der Waals surface area contributed by atoms with Gasteiger partial charge in [-0.1, -0.05) is 79.3 Å². The van der Waals surface area contributed by atoms with Gasteiger partial charge in [0.05, 0.1) is 20.2 Å². The number of alkyl halides is 3. The van der Waals surface area contributed by atoms with Crippen molar-refractivity contribution in [2.24, 2.45) is 0 Å². The lowest BCUT2D eigenvalue weighted by molar-refractivity contribution is -0.160. The molecule has 0 radical (unpaired) electrons. The van der Waals surface area contributed by atoms with Gasteiger partial charge in [0.1, 0.15) is 11.6 Å². The van der Waals surface area contributed by atoms with Crippen LogP contribution >= 0.6 is 0 Å². The number of hydrogen-bond acceptors (Lipinski definition) is 3. The molecule has 8 heteroatoms. The van der Waals surface area contributed by atoms with Gasteiger partial charge in [-0.15, -0.1) is 0 Å². The van der Waals surface area contributed by atoms with E-state index >= 15 is 0 Å². The third-order valence-corrected chi connectivity index (χ3v) is 8.63. The zero-order valence-electron chi connectivity index (χ0n) is 18.2. The van der Waals surface area contributed by atoms with Crippen LogP contribution in [0.2, 0.25) is 19.1 Å². The second-order valence-corrected chi connectivity index (χ2v) is 14.4. The Hall–Kier alpha value is -2.63. The molecule has 0 saturated heterocycles. The maximum absolute atomic E-state index is 14.0. The standard InChI is InChI=1S/C24H28F3N3OSi/c1-32(2,15-18-9-5-3-6-10-18)16-20(22(31)30-23(17-28)13-14-23)29-21(24(25,26)27)19-11-7-4-8-12-19/h3-12,20-21,29H,13-16H2,1-2H3,(H,30,31)/t20?,21-/m1/s1. The normalized spacial score (nSPS) is 17.1. The molecule has 0 heterocycles. The Balaban J connectivity index is 1.85. The minimum absolute atomic E-state index is 0.0572. The van der Waals surface area contributed by atoms with E-state index in [9.17, 15) is 23.2 Å². The molecule has 2 atom stereocenters. The van der Waals surface area contributed by atoms with Crippen molar-refractivity contribution in [2.75, 3.05) is 0 Å². The van der Waals surface area contributed by atoms with Gasteiger partial charge in [-0.05, 0) is 30.5 Å². The molecule has 2 aromatic carbocycles. The number of benzene rings is 2. The van der Waals surface area contributed by atoms with Crippen LogP contribution in [0.3, 0.4) is 0 Å². The Morgan fingerprint density at radius 2 is 1.66 bits per heavy atom. The molecule has 0 aromatic heterocycles. The first-order valence-electron chi connectivity index (χ1n) is 10.7. The van der Waals surface area contributed by atoms with E-state index in [1.807, 2.05) is 30.3 Å². The van der Waals surface area contributed by atoms with Gasteiger partial charge in [-0.3, -0.25) is 10.1 Å². The van der Waals surface area contributed by atoms with Gasteiger partial charge in [0.15, 0.2) is 0 Å². The van der Waals surface area contributed by atoms with Crippen LogP contribution in [0.5, 0.6) is 0 Å². The number of nitrogens with zero attached hydrogens (tertiary/aromatic N) is 1. The molecule has 0 bridgehead atoms. The Labute approximate surface area is 187 Å². The highest BCUT2D eigenvalue weighted by Gasteiger charge is 2.48. The average Bonchev–Trinajstić information content (AvgIpc) is 3.51. The summed E-state index contributed by atoms with van der Waals surface area (Å²) >= 11 is 0. The number of rotatable bonds is 9. The summed E-state index contributed by atoms with van der Waals surface area (Å²) in [5.41, 5.74) is 0.221. The van der Waals surface area contributed by atoms with E-state index in [2.05, 4.69) is 29.8 Å². The topological polar surface area (TPSA) is 64.9 Å². The van der Waals surface area contributed by atoms with Crippen LogP contribution < -0.4 is 10.6 Å². The summed E-state index contributed by atoms with van der Waals surface area (Å²) in [6.07, 6.45) is -3.53. The molecule has 4 nitrogen and oxygen atoms in total. The highest BCUT2D eigenvalue weighted by atomic mass is 28.3. The van der Waals surface area contributed by atoms with E-state index in [0.29, 0.717) is 18.9 Å². The lowest BCUT2D eigenvalue weighted by atomic mass is 10.1. The van der Waals surface area contributed by atoms with E-state index in [-0.39, 0.29) is 5.56 Å². The number of carbonyl (C=O) groups excluding carboxylic acids is 1. The predicted octanol–water partition coefficient (Wildman–Crippen LogP) is 4.91. The fourth-order valence-corrected chi connectivity index (χ4v) is 6.83. The highest BCUT2D eigenvalue weighted by molar-refractivity contribution is 6.77. The number of hydrogen-bond donors (Lipinski definition) is 2. The largest absolute Gasteiger partial charge is 0.407 e. The first-order chi connectivity index (χ1) is 15.0. The minimum atomic E-state index is -4.57. The van der Waals surface area contributed by atoms with E-state index < -0.39 is 37.8 Å². The third-order valence-electron chi connectivity index (χ3n) is 5.75. The van der Waals surface area contributed by atoms with Crippen molar-refractivity contribution in [3.8, 4) is 6.07 Å². The van der Waals surface area contributed by atoms with Crippen LogP contribution in [-0.2, 0) is 10.8 Å². The number of halogens is 3. The molecule has 1 unspecified atom stereocenters. The second kappa shape index (κ2) is 9.47. The van der Waals surface area contributed by atoms with Crippen LogP contribution in [0.1, 0.15) is 30.0 Å². The molecule has 1 amide bonds. The van der Waals surface area contributed by atoms with Crippen molar-refractivity contribution in [1.29, 1.82) is 5.26 Å². The molecule has 1 saturated carbocycles. The van der Waals surface area contributed by atoms with Gasteiger partial charge < -0.3 is 5.32 Å². The Morgan fingerprint density at radius 1 is 1.09 bits per heavy atom. The number of nitriles is 1. The SMILES string of the molecule is C[Si](C)(Cc1ccccc1)CC(N[C@H](c1ccccc1)C(F)(F)F)C(=O)NC1(C#N)CC1. The molecule has 0 spiro atoms. The maximum Gasteiger partial charge on any atom is 0.407 e. The van der Waals surface area contributed by atoms with Crippen LogP contribution in [0, 0.1) is 11.3 Å². The van der Waals surface area contributed by atoms with Crippen LogP contribution in [0.25, 0.3) is 0 Å². The van der Waals surface area contributed by atoms with Crippen LogP contribution in [0.4, 0.5) is 13.2 Å². The van der Waals surface area contributed by atoms with Crippen LogP contribution in [-0.4, -0.2) is 31.7 Å². The molecular formula is C24H28F3N3OSi. The van der Waals surface area contributed by atoms with Gasteiger partial charge >= 0.3 is 6.18 Å². The molecule has 1 aliphatic rings. The van der Waals surface area contributed by atoms with Crippen molar-refractivity contribution in [3.05, 3.63) is 71.8 Å². The summed E-state index contributed by atoms with van der Waals surface area (Å²) < 4.78 is 42.0. The van der Waals surface area contributed by atoms with E-state index in [1.165, 1.54) is 12.1 Å². The summed E-state index contributed by atoms with van der Waals surface area (Å²) in [6, 6.07) is 17.4. The van der Waals surface area contributed by atoms with Crippen molar-refractivity contribution < 1.29 is 18.0 Å². The van der Waals surface area contributed by atoms with Gasteiger partial charge in [-0.25, -0.2) is 0 Å². The van der Waals surface area contributed by atoms with E-state index in [4.69, 9.17) is 0 Å². The first-order valence-corrected chi connectivity index (χ1v) is 14.1. The zero-order valence-corrected chi connectivity index (χ0v) is 19.2. The van der Waals surface area contributed by atoms with Gasteiger partial charge in [-0.2, -0.15) is 18.4 Å².